The third kappa shape index (κ3) is 4.64. The zero-order valence-electron chi connectivity index (χ0n) is 19.8. The van der Waals surface area contributed by atoms with E-state index in [-0.39, 0.29) is 11.3 Å². The molecule has 0 saturated carbocycles. The molecule has 8 heteroatoms. The van der Waals surface area contributed by atoms with Gasteiger partial charge in [0.2, 0.25) is 0 Å². The molecular formula is C26H31N2O6+. The molecule has 2 saturated heterocycles. The second-order valence-corrected chi connectivity index (χ2v) is 8.58. The molecule has 2 aromatic carbocycles. The molecule has 0 aliphatic carbocycles. The number of amides is 1. The van der Waals surface area contributed by atoms with E-state index in [9.17, 15) is 14.7 Å². The Labute approximate surface area is 199 Å². The van der Waals surface area contributed by atoms with Gasteiger partial charge in [-0.1, -0.05) is 29.8 Å². The molecule has 0 radical (unpaired) electrons. The van der Waals surface area contributed by atoms with Crippen molar-refractivity contribution in [3.63, 3.8) is 0 Å². The van der Waals surface area contributed by atoms with Crippen molar-refractivity contribution in [1.29, 1.82) is 0 Å². The summed E-state index contributed by atoms with van der Waals surface area (Å²) in [7, 11) is 3.09. The number of benzene rings is 2. The summed E-state index contributed by atoms with van der Waals surface area (Å²) in [4.78, 5) is 29.3. The quantitative estimate of drug-likeness (QED) is 0.363. The zero-order valence-corrected chi connectivity index (χ0v) is 19.8. The van der Waals surface area contributed by atoms with Gasteiger partial charge in [-0.25, -0.2) is 0 Å². The number of quaternary nitrogens is 1. The van der Waals surface area contributed by atoms with Crippen molar-refractivity contribution in [2.45, 2.75) is 13.0 Å². The van der Waals surface area contributed by atoms with Crippen LogP contribution in [0.25, 0.3) is 5.76 Å². The number of rotatable bonds is 7. The Balaban J connectivity index is 1.79. The van der Waals surface area contributed by atoms with Crippen LogP contribution < -0.4 is 14.4 Å². The average molecular weight is 468 g/mol. The van der Waals surface area contributed by atoms with Crippen LogP contribution in [0.5, 0.6) is 11.5 Å². The van der Waals surface area contributed by atoms with Gasteiger partial charge in [0.05, 0.1) is 52.1 Å². The van der Waals surface area contributed by atoms with Gasteiger partial charge < -0.3 is 29.1 Å². The summed E-state index contributed by atoms with van der Waals surface area (Å²) in [5.41, 5.74) is 2.20. The Kier molecular flexibility index (Phi) is 7.19. The molecule has 1 amide bonds. The minimum Gasteiger partial charge on any atom is -0.507 e. The van der Waals surface area contributed by atoms with Gasteiger partial charge in [0.25, 0.3) is 11.7 Å². The van der Waals surface area contributed by atoms with E-state index in [1.807, 2.05) is 19.1 Å². The van der Waals surface area contributed by atoms with E-state index in [4.69, 9.17) is 14.2 Å². The number of nitrogens with one attached hydrogen (secondary N) is 1. The van der Waals surface area contributed by atoms with Crippen molar-refractivity contribution >= 4 is 17.4 Å². The molecule has 1 unspecified atom stereocenters. The van der Waals surface area contributed by atoms with E-state index in [0.29, 0.717) is 48.9 Å². The number of morpholine rings is 1. The number of methoxy groups -OCH3 is 2. The van der Waals surface area contributed by atoms with Gasteiger partial charge in [-0.2, -0.15) is 0 Å². The molecule has 2 aliphatic rings. The maximum Gasteiger partial charge on any atom is 0.295 e. The van der Waals surface area contributed by atoms with Crippen LogP contribution in [0.2, 0.25) is 0 Å². The number of likely N-dealkylation sites (tertiary alicyclic amines) is 1. The van der Waals surface area contributed by atoms with Crippen LogP contribution in [0.4, 0.5) is 0 Å². The van der Waals surface area contributed by atoms with Gasteiger partial charge in [-0.15, -0.1) is 0 Å². The summed E-state index contributed by atoms with van der Waals surface area (Å²) >= 11 is 0. The van der Waals surface area contributed by atoms with Gasteiger partial charge in [-0.05, 0) is 19.1 Å². The monoisotopic (exact) mass is 467 g/mol. The number of ether oxygens (including phenoxy) is 3. The number of nitrogens with zero attached hydrogens (tertiary/aromatic N) is 1. The molecule has 2 heterocycles. The second kappa shape index (κ2) is 10.3. The third-order valence-electron chi connectivity index (χ3n) is 6.51. The smallest absolute Gasteiger partial charge is 0.295 e. The summed E-state index contributed by atoms with van der Waals surface area (Å²) in [5, 5.41) is 11.2. The highest BCUT2D eigenvalue weighted by molar-refractivity contribution is 6.46. The number of carbonyl (C=O) groups is 2. The number of carbonyl (C=O) groups excluding carboxylic acids is 2. The van der Waals surface area contributed by atoms with Crippen molar-refractivity contribution in [3.8, 4) is 11.5 Å². The summed E-state index contributed by atoms with van der Waals surface area (Å²) in [6.07, 6.45) is 0. The molecule has 8 nitrogen and oxygen atoms in total. The fourth-order valence-corrected chi connectivity index (χ4v) is 4.53. The molecule has 1 atom stereocenters. The Bertz CT molecular complexity index is 1090. The first kappa shape index (κ1) is 23.8. The topological polar surface area (TPSA) is 89.7 Å². The SMILES string of the molecule is COc1ccc(C2C(=C(O)c3ccc(C)cc3)C(=O)C(=O)N2CC[NH+]2CCOCC2)c(OC)c1. The van der Waals surface area contributed by atoms with Gasteiger partial charge in [-0.3, -0.25) is 9.59 Å². The van der Waals surface area contributed by atoms with E-state index >= 15 is 0 Å². The molecule has 180 valence electrons. The fraction of sp³-hybridized carbons (Fsp3) is 0.385. The molecule has 0 bridgehead atoms. The van der Waals surface area contributed by atoms with Crippen molar-refractivity contribution < 1.29 is 33.8 Å². The lowest BCUT2D eigenvalue weighted by atomic mass is 9.94. The largest absolute Gasteiger partial charge is 0.507 e. The van der Waals surface area contributed by atoms with E-state index in [2.05, 4.69) is 0 Å². The number of Topliss-reactive ketones (excluding diaryl/α,β-unsaturated/α-hetero) is 1. The standard InChI is InChI=1S/C26H30N2O6/c1-17-4-6-18(7-5-17)24(29)22-23(20-9-8-19(32-2)16-21(20)33-3)28(26(31)25(22)30)11-10-27-12-14-34-15-13-27/h4-9,16,23,29H,10-15H2,1-3H3/p+1. The minimum absolute atomic E-state index is 0.0642. The Morgan fingerprint density at radius 2 is 1.79 bits per heavy atom. The second-order valence-electron chi connectivity index (χ2n) is 8.58. The van der Waals surface area contributed by atoms with Gasteiger partial charge in [0.15, 0.2) is 0 Å². The number of aliphatic hydroxyl groups is 1. The van der Waals surface area contributed by atoms with E-state index in [1.165, 1.54) is 12.0 Å². The molecule has 0 spiro atoms. The van der Waals surface area contributed by atoms with Crippen LogP contribution in [-0.4, -0.2) is 75.3 Å². The molecule has 2 fully saturated rings. The number of hydrogen-bond acceptors (Lipinski definition) is 6. The normalized spacial score (nSPS) is 20.6. The minimum atomic E-state index is -0.775. The van der Waals surface area contributed by atoms with Crippen LogP contribution in [0.15, 0.2) is 48.0 Å². The molecule has 2 N–H and O–H groups in total. The lowest BCUT2D eigenvalue weighted by Gasteiger charge is -2.29. The molecule has 2 aliphatic heterocycles. The first-order valence-corrected chi connectivity index (χ1v) is 11.4. The maximum atomic E-state index is 13.3. The van der Waals surface area contributed by atoms with E-state index in [1.54, 1.807) is 42.3 Å². The van der Waals surface area contributed by atoms with Crippen molar-refractivity contribution in [3.05, 3.63) is 64.7 Å². The predicted octanol–water partition coefficient (Wildman–Crippen LogP) is 1.35. The summed E-state index contributed by atoms with van der Waals surface area (Å²) < 4.78 is 16.4. The highest BCUT2D eigenvalue weighted by atomic mass is 16.5. The molecule has 2 aromatic rings. The van der Waals surface area contributed by atoms with Crippen LogP contribution in [0.3, 0.4) is 0 Å². The number of ketones is 1. The summed E-state index contributed by atoms with van der Waals surface area (Å²) in [6, 6.07) is 11.7. The Morgan fingerprint density at radius 3 is 2.44 bits per heavy atom. The Hall–Kier alpha value is -3.36. The molecule has 34 heavy (non-hydrogen) atoms. The maximum absolute atomic E-state index is 13.3. The van der Waals surface area contributed by atoms with E-state index in [0.717, 1.165) is 18.7 Å². The van der Waals surface area contributed by atoms with Crippen molar-refractivity contribution in [2.75, 3.05) is 53.6 Å². The predicted molar refractivity (Wildman–Crippen MR) is 126 cm³/mol. The van der Waals surface area contributed by atoms with Crippen LogP contribution in [0, 0.1) is 6.92 Å². The van der Waals surface area contributed by atoms with Crippen LogP contribution in [0.1, 0.15) is 22.7 Å². The first-order chi connectivity index (χ1) is 16.4. The number of aryl methyl sites for hydroxylation is 1. The van der Waals surface area contributed by atoms with Gasteiger partial charge in [0, 0.05) is 17.2 Å². The van der Waals surface area contributed by atoms with Crippen LogP contribution in [-0.2, 0) is 14.3 Å². The van der Waals surface area contributed by atoms with Crippen LogP contribution >= 0.6 is 0 Å². The fourth-order valence-electron chi connectivity index (χ4n) is 4.53. The molecule has 4 rings (SSSR count). The third-order valence-corrected chi connectivity index (χ3v) is 6.51. The lowest BCUT2D eigenvalue weighted by molar-refractivity contribution is -0.907. The number of hydrogen-bond donors (Lipinski definition) is 2. The summed E-state index contributed by atoms with van der Waals surface area (Å²) in [6.45, 7) is 6.04. The zero-order chi connectivity index (χ0) is 24.2. The van der Waals surface area contributed by atoms with E-state index < -0.39 is 17.7 Å². The molecular weight excluding hydrogens is 436 g/mol. The highest BCUT2D eigenvalue weighted by Gasteiger charge is 2.47. The molecule has 0 aromatic heterocycles. The highest BCUT2D eigenvalue weighted by Crippen LogP contribution is 2.43. The average Bonchev–Trinajstić information content (AvgIpc) is 3.12. The van der Waals surface area contributed by atoms with Gasteiger partial charge in [0.1, 0.15) is 30.3 Å². The van der Waals surface area contributed by atoms with Gasteiger partial charge >= 0.3 is 0 Å². The van der Waals surface area contributed by atoms with Crippen molar-refractivity contribution in [1.82, 2.24) is 4.90 Å². The summed E-state index contributed by atoms with van der Waals surface area (Å²) in [5.74, 6) is -0.442. The lowest BCUT2D eigenvalue weighted by Crippen LogP contribution is -3.14. The van der Waals surface area contributed by atoms with Crippen molar-refractivity contribution in [2.24, 2.45) is 0 Å². The number of aliphatic hydroxyl groups excluding tert-OH is 1. The Morgan fingerprint density at radius 1 is 1.09 bits per heavy atom. The first-order valence-electron chi connectivity index (χ1n) is 11.4.